The molecule has 1 aromatic rings. The second kappa shape index (κ2) is 6.86. The standard InChI is InChI=1S/C12H15ClN2O3/c13-8-4-5-10(9(7-8)12(14)18)15-6-2-1-3-11(16)17/h4-5,7,15H,1-3,6H2,(H2,14,18)(H,16,17). The van der Waals surface area contributed by atoms with E-state index in [1.165, 1.54) is 6.07 Å². The predicted molar refractivity (Wildman–Crippen MR) is 69.9 cm³/mol. The molecule has 6 heteroatoms. The van der Waals surface area contributed by atoms with Crippen LogP contribution in [0.2, 0.25) is 5.02 Å². The average molecular weight is 271 g/mol. The lowest BCUT2D eigenvalue weighted by Gasteiger charge is -2.10. The van der Waals surface area contributed by atoms with Gasteiger partial charge in [0.1, 0.15) is 0 Å². The molecule has 1 rings (SSSR count). The number of halogens is 1. The van der Waals surface area contributed by atoms with Crippen LogP contribution in [0.15, 0.2) is 18.2 Å². The average Bonchev–Trinajstić information content (AvgIpc) is 2.29. The zero-order valence-electron chi connectivity index (χ0n) is 9.78. The van der Waals surface area contributed by atoms with Crippen LogP contribution in [0.3, 0.4) is 0 Å². The fourth-order valence-electron chi connectivity index (χ4n) is 1.50. The van der Waals surface area contributed by atoms with E-state index >= 15 is 0 Å². The minimum Gasteiger partial charge on any atom is -0.481 e. The highest BCUT2D eigenvalue weighted by Gasteiger charge is 2.08. The van der Waals surface area contributed by atoms with Gasteiger partial charge in [-0.15, -0.1) is 0 Å². The van der Waals surface area contributed by atoms with Crippen molar-refractivity contribution < 1.29 is 14.7 Å². The molecular weight excluding hydrogens is 256 g/mol. The van der Waals surface area contributed by atoms with Crippen molar-refractivity contribution in [1.29, 1.82) is 0 Å². The highest BCUT2D eigenvalue weighted by atomic mass is 35.5. The van der Waals surface area contributed by atoms with Crippen molar-refractivity contribution in [2.24, 2.45) is 5.73 Å². The van der Waals surface area contributed by atoms with E-state index in [1.54, 1.807) is 12.1 Å². The highest BCUT2D eigenvalue weighted by molar-refractivity contribution is 6.31. The molecule has 18 heavy (non-hydrogen) atoms. The smallest absolute Gasteiger partial charge is 0.303 e. The highest BCUT2D eigenvalue weighted by Crippen LogP contribution is 2.20. The number of carboxylic acid groups (broad SMARTS) is 1. The quantitative estimate of drug-likeness (QED) is 0.662. The molecule has 98 valence electrons. The summed E-state index contributed by atoms with van der Waals surface area (Å²) in [4.78, 5) is 21.5. The van der Waals surface area contributed by atoms with Gasteiger partial charge in [-0.3, -0.25) is 9.59 Å². The maximum atomic E-state index is 11.2. The molecule has 0 heterocycles. The van der Waals surface area contributed by atoms with E-state index in [0.29, 0.717) is 35.7 Å². The molecular formula is C12H15ClN2O3. The Morgan fingerprint density at radius 2 is 2.06 bits per heavy atom. The van der Waals surface area contributed by atoms with Gasteiger partial charge in [0.25, 0.3) is 5.91 Å². The molecule has 0 spiro atoms. The van der Waals surface area contributed by atoms with E-state index in [-0.39, 0.29) is 6.42 Å². The van der Waals surface area contributed by atoms with E-state index in [4.69, 9.17) is 22.4 Å². The monoisotopic (exact) mass is 270 g/mol. The molecule has 0 aliphatic carbocycles. The predicted octanol–water partition coefficient (Wildman–Crippen LogP) is 2.11. The number of carbonyl (C=O) groups excluding carboxylic acids is 1. The van der Waals surface area contributed by atoms with E-state index < -0.39 is 11.9 Å². The lowest BCUT2D eigenvalue weighted by Crippen LogP contribution is -2.15. The Hall–Kier alpha value is -1.75. The number of hydrogen-bond acceptors (Lipinski definition) is 3. The van der Waals surface area contributed by atoms with E-state index in [2.05, 4.69) is 5.32 Å². The Morgan fingerprint density at radius 3 is 2.67 bits per heavy atom. The number of amides is 1. The number of nitrogens with one attached hydrogen (secondary N) is 1. The minimum atomic E-state index is -0.806. The molecule has 1 aromatic carbocycles. The number of aliphatic carboxylic acids is 1. The molecule has 5 nitrogen and oxygen atoms in total. The zero-order chi connectivity index (χ0) is 13.5. The summed E-state index contributed by atoms with van der Waals surface area (Å²) in [7, 11) is 0. The number of hydrogen-bond donors (Lipinski definition) is 3. The molecule has 0 aromatic heterocycles. The first-order chi connectivity index (χ1) is 8.50. The van der Waals surface area contributed by atoms with Gasteiger partial charge in [-0.25, -0.2) is 0 Å². The Morgan fingerprint density at radius 1 is 1.33 bits per heavy atom. The van der Waals surface area contributed by atoms with Gasteiger partial charge in [-0.1, -0.05) is 11.6 Å². The SMILES string of the molecule is NC(=O)c1cc(Cl)ccc1NCCCCC(=O)O. The fourth-order valence-corrected chi connectivity index (χ4v) is 1.67. The third kappa shape index (κ3) is 4.63. The van der Waals surface area contributed by atoms with Gasteiger partial charge < -0.3 is 16.2 Å². The van der Waals surface area contributed by atoms with Crippen LogP contribution in [0.1, 0.15) is 29.6 Å². The summed E-state index contributed by atoms with van der Waals surface area (Å²) >= 11 is 5.78. The van der Waals surface area contributed by atoms with Crippen molar-refractivity contribution in [2.75, 3.05) is 11.9 Å². The molecule has 0 aliphatic rings. The van der Waals surface area contributed by atoms with Gasteiger partial charge in [0.15, 0.2) is 0 Å². The van der Waals surface area contributed by atoms with Gasteiger partial charge in [0.2, 0.25) is 0 Å². The third-order valence-electron chi connectivity index (χ3n) is 2.38. The van der Waals surface area contributed by atoms with Crippen LogP contribution in [-0.4, -0.2) is 23.5 Å². The molecule has 0 unspecified atom stereocenters. The summed E-state index contributed by atoms with van der Waals surface area (Å²) in [6, 6.07) is 4.84. The molecule has 0 bridgehead atoms. The molecule has 0 fully saturated rings. The maximum absolute atomic E-state index is 11.2. The number of carbonyl (C=O) groups is 2. The molecule has 0 saturated heterocycles. The Labute approximate surface area is 110 Å². The molecule has 1 amide bonds. The fraction of sp³-hybridized carbons (Fsp3) is 0.333. The summed E-state index contributed by atoms with van der Waals surface area (Å²) in [5.41, 5.74) is 6.19. The first-order valence-corrected chi connectivity index (χ1v) is 5.93. The Bertz CT molecular complexity index is 449. The van der Waals surface area contributed by atoms with Crippen molar-refractivity contribution in [3.63, 3.8) is 0 Å². The number of nitrogens with two attached hydrogens (primary N) is 1. The minimum absolute atomic E-state index is 0.144. The van der Waals surface area contributed by atoms with Gasteiger partial charge >= 0.3 is 5.97 Å². The van der Waals surface area contributed by atoms with Crippen molar-refractivity contribution in [3.8, 4) is 0 Å². The number of benzene rings is 1. The number of unbranched alkanes of at least 4 members (excludes halogenated alkanes) is 1. The lowest BCUT2D eigenvalue weighted by atomic mass is 10.1. The van der Waals surface area contributed by atoms with Crippen LogP contribution in [-0.2, 0) is 4.79 Å². The number of anilines is 1. The second-order valence-electron chi connectivity index (χ2n) is 3.83. The summed E-state index contributed by atoms with van der Waals surface area (Å²) in [6.45, 7) is 0.579. The second-order valence-corrected chi connectivity index (χ2v) is 4.27. The first kappa shape index (κ1) is 14.3. The van der Waals surface area contributed by atoms with E-state index in [9.17, 15) is 9.59 Å². The molecule has 0 atom stereocenters. The van der Waals surface area contributed by atoms with Crippen LogP contribution >= 0.6 is 11.6 Å². The Kier molecular flexibility index (Phi) is 5.45. The summed E-state index contributed by atoms with van der Waals surface area (Å²) in [5, 5.41) is 12.0. The van der Waals surface area contributed by atoms with Crippen LogP contribution < -0.4 is 11.1 Å². The van der Waals surface area contributed by atoms with Crippen LogP contribution in [0.5, 0.6) is 0 Å². The van der Waals surface area contributed by atoms with Gasteiger partial charge in [0.05, 0.1) is 5.56 Å². The van der Waals surface area contributed by atoms with Crippen molar-refractivity contribution in [2.45, 2.75) is 19.3 Å². The van der Waals surface area contributed by atoms with Crippen molar-refractivity contribution in [1.82, 2.24) is 0 Å². The summed E-state index contributed by atoms with van der Waals surface area (Å²) in [5.74, 6) is -1.36. The summed E-state index contributed by atoms with van der Waals surface area (Å²) in [6.07, 6.45) is 1.43. The van der Waals surface area contributed by atoms with Crippen LogP contribution in [0.25, 0.3) is 0 Å². The van der Waals surface area contributed by atoms with Gasteiger partial charge in [-0.2, -0.15) is 0 Å². The third-order valence-corrected chi connectivity index (χ3v) is 2.62. The van der Waals surface area contributed by atoms with E-state index in [1.807, 2.05) is 0 Å². The molecule has 0 saturated carbocycles. The van der Waals surface area contributed by atoms with Crippen molar-refractivity contribution >= 4 is 29.2 Å². The summed E-state index contributed by atoms with van der Waals surface area (Å²) < 4.78 is 0. The number of rotatable bonds is 7. The first-order valence-electron chi connectivity index (χ1n) is 5.55. The zero-order valence-corrected chi connectivity index (χ0v) is 10.5. The molecule has 0 radical (unpaired) electrons. The van der Waals surface area contributed by atoms with Crippen molar-refractivity contribution in [3.05, 3.63) is 28.8 Å². The molecule has 0 aliphatic heterocycles. The largest absolute Gasteiger partial charge is 0.481 e. The van der Waals surface area contributed by atoms with E-state index in [0.717, 1.165) is 0 Å². The topological polar surface area (TPSA) is 92.4 Å². The number of carboxylic acids is 1. The van der Waals surface area contributed by atoms with Gasteiger partial charge in [0, 0.05) is 23.7 Å². The number of primary amides is 1. The lowest BCUT2D eigenvalue weighted by molar-refractivity contribution is -0.137. The maximum Gasteiger partial charge on any atom is 0.303 e. The van der Waals surface area contributed by atoms with Crippen LogP contribution in [0, 0.1) is 0 Å². The molecule has 4 N–H and O–H groups in total. The normalized spacial score (nSPS) is 10.1. The Balaban J connectivity index is 2.51. The van der Waals surface area contributed by atoms with Gasteiger partial charge in [-0.05, 0) is 31.0 Å². The van der Waals surface area contributed by atoms with Crippen LogP contribution in [0.4, 0.5) is 5.69 Å².